The highest BCUT2D eigenvalue weighted by atomic mass is 16.5. The van der Waals surface area contributed by atoms with Crippen LogP contribution in [0.5, 0.6) is 11.5 Å². The number of carbonyl (C=O) groups excluding carboxylic acids is 5. The first-order chi connectivity index (χ1) is 34.1. The largest absolute Gasteiger partial charge is 0.508 e. The first-order valence-electron chi connectivity index (χ1n) is 23.3. The number of unbranched alkanes of at least 4 members (excludes halogenated alkanes) is 3. The normalized spacial score (nSPS) is 12.2. The van der Waals surface area contributed by atoms with Crippen LogP contribution in [0.1, 0.15) is 99.8 Å². The lowest BCUT2D eigenvalue weighted by Crippen LogP contribution is -2.49. The highest BCUT2D eigenvalue weighted by molar-refractivity contribution is 5.84. The van der Waals surface area contributed by atoms with Gasteiger partial charge < -0.3 is 67.1 Å². The number of hydrogen-bond donors (Lipinski definition) is 12. The summed E-state index contributed by atoms with van der Waals surface area (Å²) in [7, 11) is 0. The Kier molecular flexibility index (Phi) is 27.9. The molecule has 0 aliphatic carbocycles. The minimum Gasteiger partial charge on any atom is -0.508 e. The molecule has 5 amide bonds. The number of urea groups is 1. The number of nitrogens with zero attached hydrogens (tertiary/aromatic N) is 2. The third kappa shape index (κ3) is 26.4. The van der Waals surface area contributed by atoms with Crippen molar-refractivity contribution >= 4 is 60.1 Å². The van der Waals surface area contributed by atoms with Gasteiger partial charge in [0.25, 0.3) is 6.47 Å². The van der Waals surface area contributed by atoms with E-state index in [1.807, 2.05) is 0 Å². The molecule has 0 aromatic heterocycles. The van der Waals surface area contributed by atoms with E-state index in [4.69, 9.17) is 14.9 Å². The fraction of sp³-hybridized carbons (Fsp3) is 0.532. The Morgan fingerprint density at radius 1 is 0.583 bits per heavy atom. The number of rotatable bonds is 38. The van der Waals surface area contributed by atoms with Crippen molar-refractivity contribution in [1.29, 1.82) is 0 Å². The van der Waals surface area contributed by atoms with E-state index in [1.165, 1.54) is 28.9 Å². The Hall–Kier alpha value is -7.54. The molecule has 0 spiro atoms. The van der Waals surface area contributed by atoms with Crippen LogP contribution >= 0.6 is 0 Å². The molecule has 0 aliphatic heterocycles. The number of aryl methyl sites for hydroxylation is 2. The van der Waals surface area contributed by atoms with Crippen molar-refractivity contribution in [2.45, 2.75) is 122 Å². The molecule has 12 N–H and O–H groups in total. The Morgan fingerprint density at radius 3 is 1.58 bits per heavy atom. The molecule has 0 saturated heterocycles. The fourth-order valence-electron chi connectivity index (χ4n) is 7.10. The van der Waals surface area contributed by atoms with Gasteiger partial charge in [-0.25, -0.2) is 9.59 Å². The maximum atomic E-state index is 12.7. The number of carbonyl (C=O) groups is 10. The van der Waals surface area contributed by atoms with Crippen LogP contribution in [0.4, 0.5) is 4.79 Å². The van der Waals surface area contributed by atoms with Gasteiger partial charge in [-0.3, -0.25) is 48.2 Å². The molecule has 0 radical (unpaired) electrons. The SMILES string of the molecule is C[C@H](NC(=O)CCc1ccc(O)c(CN(CCN(CC(=O)O)Cc2cc(CCC(=O)NCCCCCC(=O)NCCCC[C@H](NC(=O)N[C@@H](CCC(=O)O)C(=O)O)OC=O)ccc2O)CC(=O)O)c1)C(=O)O. The number of carboxylic acid groups (broad SMARTS) is 5. The lowest BCUT2D eigenvalue weighted by molar-refractivity contribution is -0.141. The number of amides is 5. The fourth-order valence-corrected chi connectivity index (χ4v) is 7.10. The van der Waals surface area contributed by atoms with Crippen LogP contribution in [0.25, 0.3) is 0 Å². The number of phenolic OH excluding ortho intramolecular Hbond substituents is 2. The average Bonchev–Trinajstić information content (AvgIpc) is 3.30. The molecular formula is C47H67N7O18. The molecule has 0 heterocycles. The van der Waals surface area contributed by atoms with Crippen LogP contribution in [0.15, 0.2) is 36.4 Å². The van der Waals surface area contributed by atoms with E-state index in [0.717, 1.165) is 0 Å². The van der Waals surface area contributed by atoms with Gasteiger partial charge in [-0.15, -0.1) is 0 Å². The van der Waals surface area contributed by atoms with Gasteiger partial charge in [0.1, 0.15) is 23.6 Å². The van der Waals surface area contributed by atoms with Crippen LogP contribution < -0.4 is 26.6 Å². The topological polar surface area (TPSA) is 388 Å². The second-order valence-electron chi connectivity index (χ2n) is 16.9. The van der Waals surface area contributed by atoms with Crippen molar-refractivity contribution in [3.05, 3.63) is 58.7 Å². The molecule has 0 aliphatic rings. The first kappa shape index (κ1) is 60.6. The molecule has 2 aromatic carbocycles. The zero-order valence-corrected chi connectivity index (χ0v) is 40.1. The van der Waals surface area contributed by atoms with E-state index in [2.05, 4.69) is 26.6 Å². The molecule has 3 atom stereocenters. The lowest BCUT2D eigenvalue weighted by Gasteiger charge is -2.26. The van der Waals surface area contributed by atoms with Gasteiger partial charge in [-0.1, -0.05) is 30.7 Å². The number of hydrogen-bond acceptors (Lipinski definition) is 15. The van der Waals surface area contributed by atoms with Crippen LogP contribution in [-0.4, -0.2) is 163 Å². The van der Waals surface area contributed by atoms with Gasteiger partial charge in [-0.2, -0.15) is 0 Å². The van der Waals surface area contributed by atoms with Crippen molar-refractivity contribution in [3.8, 4) is 11.5 Å². The smallest absolute Gasteiger partial charge is 0.326 e. The molecule has 25 heteroatoms. The summed E-state index contributed by atoms with van der Waals surface area (Å²) in [6, 6.07) is 5.85. The Bertz CT molecular complexity index is 2160. The number of aliphatic carboxylic acids is 5. The number of nitrogens with one attached hydrogen (secondary N) is 5. The molecule has 0 unspecified atom stereocenters. The monoisotopic (exact) mass is 1020 g/mol. The lowest BCUT2D eigenvalue weighted by atomic mass is 10.0. The third-order valence-electron chi connectivity index (χ3n) is 10.9. The summed E-state index contributed by atoms with van der Waals surface area (Å²) in [6.07, 6.45) is 1.80. The van der Waals surface area contributed by atoms with Crippen LogP contribution in [0, 0.1) is 0 Å². The minimum absolute atomic E-state index is 0.0300. The van der Waals surface area contributed by atoms with Crippen molar-refractivity contribution < 1.29 is 88.4 Å². The predicted octanol–water partition coefficient (Wildman–Crippen LogP) is 1.11. The van der Waals surface area contributed by atoms with Gasteiger partial charge in [0.15, 0.2) is 6.23 Å². The molecule has 0 fully saturated rings. The first-order valence-corrected chi connectivity index (χ1v) is 23.3. The van der Waals surface area contributed by atoms with E-state index >= 15 is 0 Å². The van der Waals surface area contributed by atoms with Gasteiger partial charge in [0, 0.05) is 82.5 Å². The maximum Gasteiger partial charge on any atom is 0.326 e. The van der Waals surface area contributed by atoms with E-state index in [0.29, 0.717) is 73.9 Å². The summed E-state index contributed by atoms with van der Waals surface area (Å²) in [5, 5.41) is 80.0. The van der Waals surface area contributed by atoms with Gasteiger partial charge >= 0.3 is 35.9 Å². The number of ether oxygens (including phenoxy) is 1. The van der Waals surface area contributed by atoms with E-state index in [9.17, 15) is 73.5 Å². The van der Waals surface area contributed by atoms with Crippen molar-refractivity contribution in [2.24, 2.45) is 0 Å². The molecule has 0 saturated carbocycles. The third-order valence-corrected chi connectivity index (χ3v) is 10.9. The van der Waals surface area contributed by atoms with E-state index in [1.54, 1.807) is 24.3 Å². The second-order valence-corrected chi connectivity index (χ2v) is 16.9. The molecule has 0 bridgehead atoms. The predicted molar refractivity (Wildman–Crippen MR) is 253 cm³/mol. The molecule has 25 nitrogen and oxygen atoms in total. The molecule has 2 aromatic rings. The quantitative estimate of drug-likeness (QED) is 0.0255. The highest BCUT2D eigenvalue weighted by Crippen LogP contribution is 2.23. The Labute approximate surface area is 415 Å². The van der Waals surface area contributed by atoms with Crippen LogP contribution in [-0.2, 0) is 73.8 Å². The van der Waals surface area contributed by atoms with Crippen molar-refractivity contribution in [1.82, 2.24) is 36.4 Å². The molecular weight excluding hydrogens is 951 g/mol. The average molecular weight is 1020 g/mol. The van der Waals surface area contributed by atoms with Crippen LogP contribution in [0.3, 0.4) is 0 Å². The maximum absolute atomic E-state index is 12.7. The van der Waals surface area contributed by atoms with Crippen LogP contribution in [0.2, 0.25) is 0 Å². The van der Waals surface area contributed by atoms with Gasteiger partial charge in [0.05, 0.1) is 13.1 Å². The number of benzene rings is 2. The number of aromatic hydroxyl groups is 2. The summed E-state index contributed by atoms with van der Waals surface area (Å²) in [5.41, 5.74) is 2.07. The molecule has 398 valence electrons. The summed E-state index contributed by atoms with van der Waals surface area (Å²) in [4.78, 5) is 120. The summed E-state index contributed by atoms with van der Waals surface area (Å²) < 4.78 is 4.83. The summed E-state index contributed by atoms with van der Waals surface area (Å²) in [5.74, 6) is -7.32. The minimum atomic E-state index is -1.47. The Morgan fingerprint density at radius 2 is 1.10 bits per heavy atom. The summed E-state index contributed by atoms with van der Waals surface area (Å²) in [6.45, 7) is 1.24. The Balaban J connectivity index is 1.78. The van der Waals surface area contributed by atoms with E-state index in [-0.39, 0.29) is 94.5 Å². The van der Waals surface area contributed by atoms with Crippen molar-refractivity contribution in [3.63, 3.8) is 0 Å². The highest BCUT2D eigenvalue weighted by Gasteiger charge is 2.23. The zero-order chi connectivity index (χ0) is 53.6. The van der Waals surface area contributed by atoms with Gasteiger partial charge in [-0.05, 0) is 75.1 Å². The second kappa shape index (κ2) is 33.1. The summed E-state index contributed by atoms with van der Waals surface area (Å²) >= 11 is 0. The number of carboxylic acids is 5. The molecule has 72 heavy (non-hydrogen) atoms. The standard InChI is InChI=1S/C47H67N7O18/c1-30(45(67)68)50-40(60)17-12-32-10-15-37(57)34(24-32)26-54(28-44(65)66)22-21-53(27-43(63)64)25-33-23-31(9-14-36(33)56)11-16-39(59)49-19-5-2-3-7-38(58)48-20-6-4-8-41(72-29-55)52-47(71)51-35(46(69)70)13-18-42(61)62/h9-10,14-15,23-24,29-30,35,41,56-57H,2-8,11-13,16-22,25-28H2,1H3,(H,48,58)(H,49,59)(H,50,60)(H,61,62)(H,63,64)(H,65,66)(H,67,68)(H,69,70)(H2,51,52,71)/t30-,35-,41+/m0/s1. The molecule has 2 rings (SSSR count). The van der Waals surface area contributed by atoms with Gasteiger partial charge in [0.2, 0.25) is 17.7 Å². The van der Waals surface area contributed by atoms with E-state index < -0.39 is 79.6 Å². The number of phenols is 2. The van der Waals surface area contributed by atoms with Crippen molar-refractivity contribution in [2.75, 3.05) is 39.3 Å². The zero-order valence-electron chi connectivity index (χ0n) is 40.1.